The summed E-state index contributed by atoms with van der Waals surface area (Å²) in [7, 11) is 0. The zero-order chi connectivity index (χ0) is 14.0. The SMILES string of the molecule is C=C(C)C(=O)OCCCCCCCC(=C)C(=O)O. The molecule has 0 saturated carbocycles. The molecule has 0 amide bonds. The van der Waals surface area contributed by atoms with Crippen LogP contribution >= 0.6 is 0 Å². The number of carbonyl (C=O) groups excluding carboxylic acids is 1. The van der Waals surface area contributed by atoms with Gasteiger partial charge in [0.1, 0.15) is 0 Å². The van der Waals surface area contributed by atoms with E-state index in [2.05, 4.69) is 13.2 Å². The molecule has 0 bridgehead atoms. The first-order valence-electron chi connectivity index (χ1n) is 6.19. The number of unbranched alkanes of at least 4 members (excludes halogenated alkanes) is 4. The Morgan fingerprint density at radius 3 is 2.17 bits per heavy atom. The molecule has 0 heterocycles. The normalized spacial score (nSPS) is 9.83. The lowest BCUT2D eigenvalue weighted by molar-refractivity contribution is -0.139. The van der Waals surface area contributed by atoms with Crippen molar-refractivity contribution in [2.24, 2.45) is 0 Å². The second kappa shape index (κ2) is 9.45. The van der Waals surface area contributed by atoms with E-state index in [0.29, 0.717) is 18.6 Å². The predicted molar refractivity (Wildman–Crippen MR) is 70.3 cm³/mol. The Bertz CT molecular complexity index is 286. The van der Waals surface area contributed by atoms with Gasteiger partial charge in [0, 0.05) is 11.1 Å². The Labute approximate surface area is 108 Å². The first-order chi connectivity index (χ1) is 8.45. The van der Waals surface area contributed by atoms with Gasteiger partial charge in [0.2, 0.25) is 0 Å². The number of hydrogen-bond acceptors (Lipinski definition) is 3. The maximum absolute atomic E-state index is 11.0. The van der Waals surface area contributed by atoms with Gasteiger partial charge in [0.25, 0.3) is 0 Å². The summed E-state index contributed by atoms with van der Waals surface area (Å²) in [4.78, 5) is 21.5. The quantitative estimate of drug-likeness (QED) is 0.369. The van der Waals surface area contributed by atoms with Gasteiger partial charge in [-0.25, -0.2) is 9.59 Å². The van der Waals surface area contributed by atoms with Crippen LogP contribution in [-0.4, -0.2) is 23.7 Å². The summed E-state index contributed by atoms with van der Waals surface area (Å²) in [6, 6.07) is 0. The molecule has 1 N–H and O–H groups in total. The molecule has 0 aliphatic rings. The van der Waals surface area contributed by atoms with Crippen LogP contribution in [0.5, 0.6) is 0 Å². The number of ether oxygens (including phenoxy) is 1. The zero-order valence-electron chi connectivity index (χ0n) is 11.0. The standard InChI is InChI=1S/C14H22O4/c1-11(2)14(17)18-10-8-6-4-5-7-9-12(3)13(15)16/h1,3-10H2,2H3,(H,15,16). The fraction of sp³-hybridized carbons (Fsp3) is 0.571. The zero-order valence-corrected chi connectivity index (χ0v) is 11.0. The molecule has 0 rings (SSSR count). The van der Waals surface area contributed by atoms with Crippen molar-refractivity contribution in [1.29, 1.82) is 0 Å². The summed E-state index contributed by atoms with van der Waals surface area (Å²) in [6.07, 6.45) is 5.18. The van der Waals surface area contributed by atoms with Gasteiger partial charge in [-0.3, -0.25) is 0 Å². The molecule has 0 aromatic rings. The van der Waals surface area contributed by atoms with E-state index in [1.54, 1.807) is 6.92 Å². The van der Waals surface area contributed by atoms with E-state index in [1.807, 2.05) is 0 Å². The third-order valence-electron chi connectivity index (χ3n) is 2.51. The number of carboxylic acid groups (broad SMARTS) is 1. The number of rotatable bonds is 10. The van der Waals surface area contributed by atoms with Crippen molar-refractivity contribution in [2.75, 3.05) is 6.61 Å². The molecule has 0 aliphatic carbocycles. The molecule has 0 fully saturated rings. The van der Waals surface area contributed by atoms with Crippen LogP contribution in [0.3, 0.4) is 0 Å². The fourth-order valence-corrected chi connectivity index (χ4v) is 1.37. The Hall–Kier alpha value is -1.58. The average molecular weight is 254 g/mol. The molecule has 0 unspecified atom stereocenters. The highest BCUT2D eigenvalue weighted by Crippen LogP contribution is 2.10. The van der Waals surface area contributed by atoms with Crippen molar-refractivity contribution in [3.05, 3.63) is 24.3 Å². The van der Waals surface area contributed by atoms with E-state index in [4.69, 9.17) is 9.84 Å². The van der Waals surface area contributed by atoms with Gasteiger partial charge in [0.05, 0.1) is 6.61 Å². The first-order valence-corrected chi connectivity index (χ1v) is 6.19. The molecule has 0 radical (unpaired) electrons. The monoisotopic (exact) mass is 254 g/mol. The maximum atomic E-state index is 11.0. The largest absolute Gasteiger partial charge is 0.478 e. The third kappa shape index (κ3) is 8.56. The topological polar surface area (TPSA) is 63.6 Å². The van der Waals surface area contributed by atoms with Crippen LogP contribution < -0.4 is 0 Å². The van der Waals surface area contributed by atoms with Crippen molar-refractivity contribution >= 4 is 11.9 Å². The summed E-state index contributed by atoms with van der Waals surface area (Å²) in [5.41, 5.74) is 0.688. The van der Waals surface area contributed by atoms with E-state index in [1.165, 1.54) is 0 Å². The Balaban J connectivity index is 3.32. The Morgan fingerprint density at radius 2 is 1.61 bits per heavy atom. The van der Waals surface area contributed by atoms with Gasteiger partial charge >= 0.3 is 11.9 Å². The number of carboxylic acids is 1. The second-order valence-electron chi connectivity index (χ2n) is 4.34. The molecule has 102 valence electrons. The van der Waals surface area contributed by atoms with Crippen molar-refractivity contribution in [2.45, 2.75) is 45.4 Å². The minimum atomic E-state index is -0.915. The summed E-state index contributed by atoms with van der Waals surface area (Å²) in [6.45, 7) is 9.01. The predicted octanol–water partition coefficient (Wildman–Crippen LogP) is 3.09. The van der Waals surface area contributed by atoms with Crippen molar-refractivity contribution in [1.82, 2.24) is 0 Å². The van der Waals surface area contributed by atoms with E-state index in [0.717, 1.165) is 32.1 Å². The van der Waals surface area contributed by atoms with E-state index in [9.17, 15) is 9.59 Å². The molecule has 0 aromatic carbocycles. The average Bonchev–Trinajstić information content (AvgIpc) is 2.31. The Kier molecular flexibility index (Phi) is 8.62. The molecule has 0 saturated heterocycles. The van der Waals surface area contributed by atoms with Crippen LogP contribution in [0.4, 0.5) is 0 Å². The highest BCUT2D eigenvalue weighted by atomic mass is 16.5. The second-order valence-corrected chi connectivity index (χ2v) is 4.34. The molecule has 0 aromatic heterocycles. The summed E-state index contributed by atoms with van der Waals surface area (Å²) >= 11 is 0. The Morgan fingerprint density at radius 1 is 1.06 bits per heavy atom. The van der Waals surface area contributed by atoms with Gasteiger partial charge in [-0.2, -0.15) is 0 Å². The van der Waals surface area contributed by atoms with Crippen LogP contribution in [0.1, 0.15) is 45.4 Å². The summed E-state index contributed by atoms with van der Waals surface area (Å²) in [5.74, 6) is -1.26. The highest BCUT2D eigenvalue weighted by Gasteiger charge is 2.03. The fourth-order valence-electron chi connectivity index (χ4n) is 1.37. The van der Waals surface area contributed by atoms with E-state index >= 15 is 0 Å². The summed E-state index contributed by atoms with van der Waals surface area (Å²) in [5, 5.41) is 8.60. The van der Waals surface area contributed by atoms with Crippen molar-refractivity contribution < 1.29 is 19.4 Å². The first kappa shape index (κ1) is 16.4. The van der Waals surface area contributed by atoms with Crippen LogP contribution in [0.15, 0.2) is 24.3 Å². The van der Waals surface area contributed by atoms with Crippen molar-refractivity contribution in [3.8, 4) is 0 Å². The lowest BCUT2D eigenvalue weighted by Gasteiger charge is -2.04. The molecular formula is C14H22O4. The van der Waals surface area contributed by atoms with E-state index in [-0.39, 0.29) is 11.5 Å². The van der Waals surface area contributed by atoms with Gasteiger partial charge in [-0.1, -0.05) is 32.4 Å². The molecular weight excluding hydrogens is 232 g/mol. The third-order valence-corrected chi connectivity index (χ3v) is 2.51. The molecule has 0 atom stereocenters. The smallest absolute Gasteiger partial charge is 0.333 e. The van der Waals surface area contributed by atoms with Gasteiger partial charge < -0.3 is 9.84 Å². The number of esters is 1. The van der Waals surface area contributed by atoms with Gasteiger partial charge in [-0.05, 0) is 26.2 Å². The molecule has 18 heavy (non-hydrogen) atoms. The maximum Gasteiger partial charge on any atom is 0.333 e. The molecule has 4 nitrogen and oxygen atoms in total. The minimum Gasteiger partial charge on any atom is -0.478 e. The lowest BCUT2D eigenvalue weighted by Crippen LogP contribution is -2.06. The van der Waals surface area contributed by atoms with E-state index < -0.39 is 5.97 Å². The highest BCUT2D eigenvalue weighted by molar-refractivity contribution is 5.86. The van der Waals surface area contributed by atoms with Crippen molar-refractivity contribution in [3.63, 3.8) is 0 Å². The van der Waals surface area contributed by atoms with Crippen LogP contribution in [0, 0.1) is 0 Å². The molecule has 0 aliphatic heterocycles. The number of aliphatic carboxylic acids is 1. The number of carbonyl (C=O) groups is 2. The lowest BCUT2D eigenvalue weighted by atomic mass is 10.1. The van der Waals surface area contributed by atoms with Gasteiger partial charge in [0.15, 0.2) is 0 Å². The summed E-state index contributed by atoms with van der Waals surface area (Å²) < 4.78 is 4.95. The number of hydrogen-bond donors (Lipinski definition) is 1. The van der Waals surface area contributed by atoms with Crippen LogP contribution in [0.2, 0.25) is 0 Å². The van der Waals surface area contributed by atoms with Crippen LogP contribution in [0.25, 0.3) is 0 Å². The minimum absolute atomic E-state index is 0.269. The van der Waals surface area contributed by atoms with Gasteiger partial charge in [-0.15, -0.1) is 0 Å². The molecule has 4 heteroatoms. The van der Waals surface area contributed by atoms with Crippen LogP contribution in [-0.2, 0) is 14.3 Å². The molecule has 0 spiro atoms.